The van der Waals surface area contributed by atoms with Gasteiger partial charge in [-0.15, -0.1) is 0 Å². The molecule has 6 aliphatic rings. The van der Waals surface area contributed by atoms with Crippen molar-refractivity contribution in [1.82, 2.24) is 0 Å². The number of aliphatic hydroxyl groups is 1. The molecule has 0 aromatic heterocycles. The van der Waals surface area contributed by atoms with Gasteiger partial charge in [-0.25, -0.2) is 0 Å². The molecule has 4 saturated carbocycles. The summed E-state index contributed by atoms with van der Waals surface area (Å²) in [5, 5.41) is 11.9. The first-order valence-corrected chi connectivity index (χ1v) is 19.1. The van der Waals surface area contributed by atoms with Gasteiger partial charge in [0.05, 0.1) is 17.3 Å². The predicted octanol–water partition coefficient (Wildman–Crippen LogP) is 11.0. The van der Waals surface area contributed by atoms with Crippen molar-refractivity contribution in [2.75, 3.05) is 0 Å². The summed E-state index contributed by atoms with van der Waals surface area (Å²) in [5.41, 5.74) is 11.8. The number of rotatable bonds is 13. The lowest BCUT2D eigenvalue weighted by atomic mass is 9.68. The summed E-state index contributed by atoms with van der Waals surface area (Å²) in [6.07, 6.45) is 16.4. The van der Waals surface area contributed by atoms with Gasteiger partial charge >= 0.3 is 0 Å². The molecule has 0 saturated heterocycles. The highest BCUT2D eigenvalue weighted by molar-refractivity contribution is 5.58. The van der Waals surface area contributed by atoms with Crippen LogP contribution in [0.15, 0.2) is 93.4 Å². The summed E-state index contributed by atoms with van der Waals surface area (Å²) < 4.78 is 20.1. The Morgan fingerprint density at radius 1 is 0.673 bits per heavy atom. The molecule has 6 aliphatic carbocycles. The Balaban J connectivity index is 1.26. The fraction of sp³-hybridized carbons (Fsp3) is 0.644. The molecule has 0 aliphatic heterocycles. The zero-order valence-corrected chi connectivity index (χ0v) is 32.5. The van der Waals surface area contributed by atoms with Gasteiger partial charge in [-0.2, -0.15) is 0 Å². The maximum atomic E-state index is 11.9. The molecular weight excluding hydrogens is 604 g/mol. The van der Waals surface area contributed by atoms with Gasteiger partial charge in [-0.3, -0.25) is 0 Å². The van der Waals surface area contributed by atoms with E-state index in [9.17, 15) is 5.11 Å². The summed E-state index contributed by atoms with van der Waals surface area (Å²) in [6.45, 7) is 31.8. The highest BCUT2D eigenvalue weighted by Gasteiger charge is 2.55. The Kier molecular flexibility index (Phi) is 9.41. The quantitative estimate of drug-likeness (QED) is 0.121. The van der Waals surface area contributed by atoms with E-state index in [-0.39, 0.29) is 23.4 Å². The van der Waals surface area contributed by atoms with Crippen molar-refractivity contribution in [3.8, 4) is 0 Å². The van der Waals surface area contributed by atoms with Gasteiger partial charge in [-0.05, 0) is 147 Å². The molecule has 6 rings (SSSR count). The maximum absolute atomic E-state index is 11.9. The molecule has 8 bridgehead atoms. The summed E-state index contributed by atoms with van der Waals surface area (Å²) in [6, 6.07) is 0. The third-order valence-corrected chi connectivity index (χ3v) is 13.3. The Hall–Kier alpha value is -2.40. The fourth-order valence-electron chi connectivity index (χ4n) is 9.84. The average Bonchev–Trinajstić information content (AvgIpc) is 3.69. The van der Waals surface area contributed by atoms with Gasteiger partial charge in [0.1, 0.15) is 23.6 Å². The second-order valence-electron chi connectivity index (χ2n) is 18.2. The van der Waals surface area contributed by atoms with Gasteiger partial charge in [0.15, 0.2) is 0 Å². The number of fused-ring (bicyclic) bond motifs is 9. The van der Waals surface area contributed by atoms with Gasteiger partial charge < -0.3 is 19.3 Å². The molecule has 0 radical (unpaired) electrons. The lowest BCUT2D eigenvalue weighted by Gasteiger charge is -2.48. The van der Waals surface area contributed by atoms with Crippen LogP contribution in [-0.4, -0.2) is 40.2 Å². The molecule has 0 aromatic carbocycles. The van der Waals surface area contributed by atoms with Crippen molar-refractivity contribution in [2.45, 2.75) is 163 Å². The molecular formula is C45H64O4. The summed E-state index contributed by atoms with van der Waals surface area (Å²) in [4.78, 5) is 0. The lowest BCUT2D eigenvalue weighted by molar-refractivity contribution is -0.132. The fourth-order valence-corrected chi connectivity index (χ4v) is 9.84. The highest BCUT2D eigenvalue weighted by Crippen LogP contribution is 2.64. The molecule has 0 heterocycles. The SMILES string of the molecule is C=C(/C=C\C(=C)C(O)C(C)(C=CC)C(C)(C)OC1C2=C3CCC(=C1CC2)C3C1C2=C3CCC(=C1CC2)C3OC(C)(C)C(C)C)OC(C)(C)C. The van der Waals surface area contributed by atoms with Crippen LogP contribution in [0.4, 0.5) is 0 Å². The molecule has 4 nitrogen and oxygen atoms in total. The second kappa shape index (κ2) is 12.7. The highest BCUT2D eigenvalue weighted by atomic mass is 16.5. The van der Waals surface area contributed by atoms with Gasteiger partial charge in [-0.1, -0.05) is 74.4 Å². The summed E-state index contributed by atoms with van der Waals surface area (Å²) in [7, 11) is 0. The van der Waals surface area contributed by atoms with E-state index >= 15 is 0 Å². The van der Waals surface area contributed by atoms with E-state index in [0.717, 1.165) is 25.7 Å². The minimum absolute atomic E-state index is 0.00417. The van der Waals surface area contributed by atoms with E-state index < -0.39 is 17.1 Å². The first-order chi connectivity index (χ1) is 22.8. The lowest BCUT2D eigenvalue weighted by Crippen LogP contribution is -2.52. The van der Waals surface area contributed by atoms with Crippen LogP contribution in [0.1, 0.15) is 128 Å². The van der Waals surface area contributed by atoms with Crippen LogP contribution in [0, 0.1) is 23.2 Å². The third kappa shape index (κ3) is 6.16. The molecule has 2 unspecified atom stereocenters. The number of hydrogen-bond donors (Lipinski definition) is 1. The third-order valence-electron chi connectivity index (χ3n) is 13.3. The van der Waals surface area contributed by atoms with Crippen molar-refractivity contribution in [3.63, 3.8) is 0 Å². The van der Waals surface area contributed by atoms with Crippen molar-refractivity contribution >= 4 is 0 Å². The van der Waals surface area contributed by atoms with Crippen molar-refractivity contribution in [2.24, 2.45) is 23.2 Å². The van der Waals surface area contributed by atoms with Crippen LogP contribution in [0.5, 0.6) is 0 Å². The van der Waals surface area contributed by atoms with E-state index in [0.29, 0.717) is 29.1 Å². The standard InChI is InChI=1S/C45H64O4/c1-14-25-45(13,41(46)27(4)15-16-28(5)47-42(6,7)8)44(11,12)49-40-35-23-24-36(40)32-20-19-31(35)38(32)37-29-17-18-30(37)34-22-21-33(29)39(34)48-43(9,10)26(2)3/h14-16,25-26,37-41,46H,4-5,17-24H2,1-3,6-13H3/b16-15-,25-14?. The normalized spacial score (nSPS) is 28.7. The molecule has 0 aromatic rings. The van der Waals surface area contributed by atoms with Crippen molar-refractivity contribution in [3.05, 3.63) is 93.4 Å². The zero-order valence-electron chi connectivity index (χ0n) is 32.5. The Morgan fingerprint density at radius 3 is 1.47 bits per heavy atom. The first kappa shape index (κ1) is 36.4. The molecule has 4 heteroatoms. The molecule has 2 atom stereocenters. The van der Waals surface area contributed by atoms with Gasteiger partial charge in [0.2, 0.25) is 0 Å². The predicted molar refractivity (Wildman–Crippen MR) is 202 cm³/mol. The first-order valence-electron chi connectivity index (χ1n) is 19.1. The van der Waals surface area contributed by atoms with Crippen LogP contribution in [0.25, 0.3) is 0 Å². The minimum atomic E-state index is -0.857. The maximum Gasteiger partial charge on any atom is 0.112 e. The largest absolute Gasteiger partial charge is 0.489 e. The number of hydrogen-bond acceptors (Lipinski definition) is 4. The van der Waals surface area contributed by atoms with E-state index in [4.69, 9.17) is 14.2 Å². The summed E-state index contributed by atoms with van der Waals surface area (Å²) >= 11 is 0. The second-order valence-corrected chi connectivity index (χ2v) is 18.2. The number of ether oxygens (including phenoxy) is 3. The molecule has 1 N–H and O–H groups in total. The monoisotopic (exact) mass is 668 g/mol. The molecule has 0 amide bonds. The van der Waals surface area contributed by atoms with Gasteiger partial charge in [0.25, 0.3) is 0 Å². The van der Waals surface area contributed by atoms with Crippen LogP contribution in [-0.2, 0) is 14.2 Å². The number of allylic oxidation sites excluding steroid dienone is 6. The zero-order chi connectivity index (χ0) is 35.8. The Labute approximate surface area is 297 Å². The number of aliphatic hydroxyl groups excluding tert-OH is 1. The van der Waals surface area contributed by atoms with Gasteiger partial charge in [0, 0.05) is 17.3 Å². The topological polar surface area (TPSA) is 47.9 Å². The minimum Gasteiger partial charge on any atom is -0.489 e. The molecule has 49 heavy (non-hydrogen) atoms. The van der Waals surface area contributed by atoms with Crippen molar-refractivity contribution in [1.29, 1.82) is 0 Å². The van der Waals surface area contributed by atoms with Crippen LogP contribution >= 0.6 is 0 Å². The Morgan fingerprint density at radius 2 is 1.08 bits per heavy atom. The van der Waals surface area contributed by atoms with Crippen LogP contribution in [0.3, 0.4) is 0 Å². The Bertz CT molecular complexity index is 1530. The average molecular weight is 669 g/mol. The van der Waals surface area contributed by atoms with E-state index in [1.807, 2.05) is 39.8 Å². The smallest absolute Gasteiger partial charge is 0.112 e. The van der Waals surface area contributed by atoms with E-state index in [2.05, 4.69) is 67.7 Å². The molecule has 0 spiro atoms. The van der Waals surface area contributed by atoms with E-state index in [1.165, 1.54) is 36.8 Å². The molecule has 268 valence electrons. The van der Waals surface area contributed by atoms with Crippen molar-refractivity contribution < 1.29 is 19.3 Å². The summed E-state index contributed by atoms with van der Waals surface area (Å²) in [5.74, 6) is 2.08. The molecule has 4 fully saturated rings. The van der Waals surface area contributed by atoms with Crippen LogP contribution in [0.2, 0.25) is 0 Å². The van der Waals surface area contributed by atoms with E-state index in [1.54, 1.807) is 39.5 Å². The van der Waals surface area contributed by atoms with Crippen LogP contribution < -0.4 is 0 Å².